The van der Waals surface area contributed by atoms with Crippen molar-refractivity contribution in [2.75, 3.05) is 25.6 Å². The number of rotatable bonds is 5. The van der Waals surface area contributed by atoms with E-state index in [1.807, 2.05) is 0 Å². The summed E-state index contributed by atoms with van der Waals surface area (Å²) in [7, 11) is 1.58. The van der Waals surface area contributed by atoms with Crippen LogP contribution < -0.4 is 5.32 Å². The van der Waals surface area contributed by atoms with Crippen LogP contribution in [-0.4, -0.2) is 35.4 Å². The number of ether oxygens (including phenoxy) is 1. The van der Waals surface area contributed by atoms with Crippen molar-refractivity contribution in [1.29, 1.82) is 0 Å². The maximum atomic E-state index is 13.4. The Balaban J connectivity index is 2.09. The Morgan fingerprint density at radius 2 is 1.95 bits per heavy atom. The molecule has 6 nitrogen and oxygen atoms in total. The molecule has 2 aromatic heterocycles. The lowest BCUT2D eigenvalue weighted by atomic mass is 10.1. The molecule has 1 aromatic carbocycles. The van der Waals surface area contributed by atoms with E-state index in [2.05, 4.69) is 20.4 Å². The molecule has 3 rings (SSSR count). The van der Waals surface area contributed by atoms with E-state index in [0.29, 0.717) is 24.4 Å². The molecule has 0 atom stereocenters. The summed E-state index contributed by atoms with van der Waals surface area (Å²) in [6.45, 7) is 0.978. The summed E-state index contributed by atoms with van der Waals surface area (Å²) in [5.41, 5.74) is 0.754. The summed E-state index contributed by atoms with van der Waals surface area (Å²) >= 11 is 0. The molecule has 0 spiro atoms. The summed E-state index contributed by atoms with van der Waals surface area (Å²) < 4.78 is 36.9. The highest BCUT2D eigenvalue weighted by Crippen LogP contribution is 2.31. The molecule has 1 N–H and O–H groups in total. The first kappa shape index (κ1) is 14.3. The van der Waals surface area contributed by atoms with Crippen molar-refractivity contribution >= 4 is 16.9 Å². The first-order valence-corrected chi connectivity index (χ1v) is 6.48. The first-order chi connectivity index (χ1) is 10.7. The van der Waals surface area contributed by atoms with Crippen LogP contribution in [0, 0.1) is 11.6 Å². The number of nitrogens with zero attached hydrogens (tertiary/aromatic N) is 3. The number of hydrogen-bond donors (Lipinski definition) is 1. The molecule has 0 saturated heterocycles. The van der Waals surface area contributed by atoms with Crippen molar-refractivity contribution in [3.05, 3.63) is 36.2 Å². The van der Waals surface area contributed by atoms with E-state index in [9.17, 15) is 8.78 Å². The molecule has 0 fully saturated rings. The van der Waals surface area contributed by atoms with E-state index >= 15 is 0 Å². The summed E-state index contributed by atoms with van der Waals surface area (Å²) in [6, 6.07) is 3.14. The smallest absolute Gasteiger partial charge is 0.263 e. The molecule has 3 aromatic rings. The van der Waals surface area contributed by atoms with E-state index in [1.54, 1.807) is 7.11 Å². The zero-order valence-corrected chi connectivity index (χ0v) is 11.6. The molecular weight excluding hydrogens is 294 g/mol. The molecule has 0 amide bonds. The molecule has 2 heterocycles. The molecule has 114 valence electrons. The Morgan fingerprint density at radius 1 is 1.18 bits per heavy atom. The van der Waals surface area contributed by atoms with Gasteiger partial charge in [0.1, 0.15) is 34.9 Å². The Morgan fingerprint density at radius 3 is 2.68 bits per heavy atom. The summed E-state index contributed by atoms with van der Waals surface area (Å²) in [4.78, 5) is 8.08. The average Bonchev–Trinajstić information content (AvgIpc) is 2.91. The lowest BCUT2D eigenvalue weighted by molar-refractivity contribution is 0.210. The molecule has 0 aliphatic carbocycles. The average molecular weight is 306 g/mol. The van der Waals surface area contributed by atoms with E-state index < -0.39 is 11.6 Å². The standard InChI is InChI=1S/C14H12F2N4O2/c1-21-3-2-17-13-11-12(20-22-14(11)19-7-18-13)8-4-9(15)6-10(16)5-8/h4-7H,2-3H2,1H3,(H,17,18,19). The van der Waals surface area contributed by atoms with Crippen molar-refractivity contribution < 1.29 is 18.0 Å². The summed E-state index contributed by atoms with van der Waals surface area (Å²) in [5, 5.41) is 7.37. The lowest BCUT2D eigenvalue weighted by Crippen LogP contribution is -2.09. The quantitative estimate of drug-likeness (QED) is 0.731. The molecular formula is C14H12F2N4O2. The van der Waals surface area contributed by atoms with Gasteiger partial charge in [-0.2, -0.15) is 4.98 Å². The number of hydrogen-bond acceptors (Lipinski definition) is 6. The number of nitrogens with one attached hydrogen (secondary N) is 1. The molecule has 0 aliphatic rings. The zero-order chi connectivity index (χ0) is 15.5. The summed E-state index contributed by atoms with van der Waals surface area (Å²) in [5.74, 6) is -0.934. The second-order valence-electron chi connectivity index (χ2n) is 4.51. The number of halogens is 2. The van der Waals surface area contributed by atoms with E-state index in [4.69, 9.17) is 9.26 Å². The van der Waals surface area contributed by atoms with Gasteiger partial charge in [0, 0.05) is 25.3 Å². The highest BCUT2D eigenvalue weighted by molar-refractivity contribution is 5.97. The van der Waals surface area contributed by atoms with Crippen molar-refractivity contribution in [3.8, 4) is 11.3 Å². The van der Waals surface area contributed by atoms with Crippen molar-refractivity contribution in [3.63, 3.8) is 0 Å². The van der Waals surface area contributed by atoms with E-state index in [0.717, 1.165) is 6.07 Å². The maximum absolute atomic E-state index is 13.4. The van der Waals surface area contributed by atoms with Crippen LogP contribution in [0.3, 0.4) is 0 Å². The van der Waals surface area contributed by atoms with Crippen LogP contribution in [0.25, 0.3) is 22.4 Å². The van der Waals surface area contributed by atoms with Crippen LogP contribution in [0.4, 0.5) is 14.6 Å². The fourth-order valence-electron chi connectivity index (χ4n) is 2.08. The molecule has 0 aliphatic heterocycles. The molecule has 0 bridgehead atoms. The number of anilines is 1. The van der Waals surface area contributed by atoms with Gasteiger partial charge in [0.15, 0.2) is 0 Å². The van der Waals surface area contributed by atoms with Gasteiger partial charge in [0.25, 0.3) is 5.71 Å². The number of methoxy groups -OCH3 is 1. The number of aromatic nitrogens is 3. The van der Waals surface area contributed by atoms with Gasteiger partial charge in [-0.15, -0.1) is 0 Å². The van der Waals surface area contributed by atoms with E-state index in [-0.39, 0.29) is 17.0 Å². The minimum atomic E-state index is -0.697. The monoisotopic (exact) mass is 306 g/mol. The fraction of sp³-hybridized carbons (Fsp3) is 0.214. The fourth-order valence-corrected chi connectivity index (χ4v) is 2.08. The number of fused-ring (bicyclic) bond motifs is 1. The lowest BCUT2D eigenvalue weighted by Gasteiger charge is -2.06. The summed E-state index contributed by atoms with van der Waals surface area (Å²) in [6.07, 6.45) is 1.32. The molecule has 8 heteroatoms. The molecule has 0 saturated carbocycles. The Bertz CT molecular complexity index is 786. The SMILES string of the molecule is COCCNc1ncnc2onc(-c3cc(F)cc(F)c3)c12. The second-order valence-corrected chi connectivity index (χ2v) is 4.51. The van der Waals surface area contributed by atoms with Gasteiger partial charge in [0.05, 0.1) is 6.61 Å². The molecule has 0 unspecified atom stereocenters. The third kappa shape index (κ3) is 2.73. The highest BCUT2D eigenvalue weighted by atomic mass is 19.1. The van der Waals surface area contributed by atoms with Gasteiger partial charge < -0.3 is 14.6 Å². The van der Waals surface area contributed by atoms with Gasteiger partial charge >= 0.3 is 0 Å². The van der Waals surface area contributed by atoms with Crippen LogP contribution >= 0.6 is 0 Å². The van der Waals surface area contributed by atoms with E-state index in [1.165, 1.54) is 18.5 Å². The van der Waals surface area contributed by atoms with Crippen LogP contribution in [0.1, 0.15) is 0 Å². The Labute approximate surface area is 124 Å². The van der Waals surface area contributed by atoms with Crippen molar-refractivity contribution in [2.45, 2.75) is 0 Å². The third-order valence-corrected chi connectivity index (χ3v) is 3.01. The Kier molecular flexibility index (Phi) is 3.92. The van der Waals surface area contributed by atoms with Gasteiger partial charge in [-0.05, 0) is 12.1 Å². The van der Waals surface area contributed by atoms with Gasteiger partial charge in [-0.1, -0.05) is 5.16 Å². The maximum Gasteiger partial charge on any atom is 0.263 e. The Hall–Kier alpha value is -2.61. The highest BCUT2D eigenvalue weighted by Gasteiger charge is 2.17. The minimum absolute atomic E-state index is 0.231. The minimum Gasteiger partial charge on any atom is -0.383 e. The van der Waals surface area contributed by atoms with Crippen LogP contribution in [0.15, 0.2) is 29.0 Å². The molecule has 0 radical (unpaired) electrons. The number of benzene rings is 1. The predicted octanol–water partition coefficient (Wildman–Crippen LogP) is 2.62. The third-order valence-electron chi connectivity index (χ3n) is 3.01. The van der Waals surface area contributed by atoms with Gasteiger partial charge in [0.2, 0.25) is 0 Å². The first-order valence-electron chi connectivity index (χ1n) is 6.48. The largest absolute Gasteiger partial charge is 0.383 e. The van der Waals surface area contributed by atoms with Crippen LogP contribution in [-0.2, 0) is 4.74 Å². The van der Waals surface area contributed by atoms with Gasteiger partial charge in [-0.25, -0.2) is 13.8 Å². The second kappa shape index (κ2) is 6.02. The van der Waals surface area contributed by atoms with Gasteiger partial charge in [-0.3, -0.25) is 0 Å². The normalized spacial score (nSPS) is 11.0. The van der Waals surface area contributed by atoms with Crippen molar-refractivity contribution in [1.82, 2.24) is 15.1 Å². The molecule has 22 heavy (non-hydrogen) atoms. The van der Waals surface area contributed by atoms with Crippen LogP contribution in [0.2, 0.25) is 0 Å². The van der Waals surface area contributed by atoms with Crippen LogP contribution in [0.5, 0.6) is 0 Å². The zero-order valence-electron chi connectivity index (χ0n) is 11.6. The topological polar surface area (TPSA) is 73.1 Å². The predicted molar refractivity (Wildman–Crippen MR) is 75.3 cm³/mol. The van der Waals surface area contributed by atoms with Crippen molar-refractivity contribution in [2.24, 2.45) is 0 Å².